The number of hydrogen-bond donors (Lipinski definition) is 0. The zero-order valence-electron chi connectivity index (χ0n) is 11.1. The van der Waals surface area contributed by atoms with Gasteiger partial charge in [-0.3, -0.25) is 0 Å². The molecule has 0 radical (unpaired) electrons. The molecule has 0 amide bonds. The second-order valence-corrected chi connectivity index (χ2v) is 8.97. The fourth-order valence-corrected chi connectivity index (χ4v) is 5.60. The Balaban J connectivity index is -0.000000845. The molecule has 15 heavy (non-hydrogen) atoms. The summed E-state index contributed by atoms with van der Waals surface area (Å²) in [5.41, 5.74) is 0. The molecular weight excluding hydrogens is 247 g/mol. The zero-order chi connectivity index (χ0) is 11.6. The Hall–Kier alpha value is 0.900. The third kappa shape index (κ3) is 3.19. The van der Waals surface area contributed by atoms with Gasteiger partial charge in [-0.25, -0.2) is 16.8 Å². The van der Waals surface area contributed by atoms with Crippen LogP contribution in [0.5, 0.6) is 0 Å². The second kappa shape index (κ2) is 6.00. The van der Waals surface area contributed by atoms with Gasteiger partial charge >= 0.3 is 29.6 Å². The normalized spacial score (nSPS) is 13.3. The summed E-state index contributed by atoms with van der Waals surface area (Å²) in [6.45, 7) is 5.81. The summed E-state index contributed by atoms with van der Waals surface area (Å²) < 4.78 is 45.1. The quantitative estimate of drug-likeness (QED) is 0.545. The second-order valence-electron chi connectivity index (χ2n) is 3.29. The van der Waals surface area contributed by atoms with Gasteiger partial charge in [-0.2, -0.15) is 0 Å². The van der Waals surface area contributed by atoms with E-state index in [1.54, 1.807) is 6.92 Å². The van der Waals surface area contributed by atoms with Gasteiger partial charge in [-0.15, -0.1) is 0 Å². The van der Waals surface area contributed by atoms with Crippen LogP contribution < -0.4 is 29.6 Å². The van der Waals surface area contributed by atoms with Crippen LogP contribution in [0.4, 0.5) is 0 Å². The van der Waals surface area contributed by atoms with Crippen LogP contribution in [0.25, 0.3) is 0 Å². The number of sulfone groups is 2. The molecule has 0 saturated heterocycles. The summed E-state index contributed by atoms with van der Waals surface area (Å²) in [6.07, 6.45) is 0.0966. The first kappa shape index (κ1) is 18.3. The Morgan fingerprint density at radius 1 is 0.933 bits per heavy atom. The van der Waals surface area contributed by atoms with Crippen LogP contribution in [0.2, 0.25) is 0 Å². The molecule has 4 nitrogen and oxygen atoms in total. The van der Waals surface area contributed by atoms with Crippen molar-refractivity contribution in [1.29, 1.82) is 0 Å². The predicted molar refractivity (Wildman–Crippen MR) is 58.7 cm³/mol. The molecular formula is C8H19NaO4S2. The van der Waals surface area contributed by atoms with Crippen molar-refractivity contribution >= 4 is 19.7 Å². The van der Waals surface area contributed by atoms with Gasteiger partial charge in [0, 0.05) is 11.5 Å². The largest absolute Gasteiger partial charge is 1.00 e. The molecule has 0 bridgehead atoms. The van der Waals surface area contributed by atoms with E-state index in [9.17, 15) is 16.8 Å². The average molecular weight is 266 g/mol. The monoisotopic (exact) mass is 266 g/mol. The smallest absolute Gasteiger partial charge is 1.00 e. The van der Waals surface area contributed by atoms with E-state index in [-0.39, 0.29) is 48.9 Å². The van der Waals surface area contributed by atoms with E-state index in [1.807, 2.05) is 0 Å². The van der Waals surface area contributed by atoms with Crippen LogP contribution in [0.15, 0.2) is 0 Å². The topological polar surface area (TPSA) is 68.3 Å². The maximum Gasteiger partial charge on any atom is 1.00 e. The standard InChI is InChI=1S/C8H18O4S2.Na.H/c1-5-8(4,13(9,10)6-2)14(11,12)7-3;;/h5-7H2,1-4H3;;/q;+1;-1. The Labute approximate surface area is 116 Å². The van der Waals surface area contributed by atoms with Gasteiger partial charge in [-0.05, 0) is 13.3 Å². The molecule has 0 aliphatic heterocycles. The summed E-state index contributed by atoms with van der Waals surface area (Å²) in [5.74, 6) is -0.285. The number of hydrogen-bond acceptors (Lipinski definition) is 4. The molecule has 0 unspecified atom stereocenters. The van der Waals surface area contributed by atoms with Crippen LogP contribution in [0.1, 0.15) is 35.5 Å². The molecule has 0 saturated carbocycles. The van der Waals surface area contributed by atoms with E-state index in [0.29, 0.717) is 0 Å². The molecule has 0 aliphatic carbocycles. The minimum absolute atomic E-state index is 0. The minimum atomic E-state index is -3.57. The molecule has 0 spiro atoms. The average Bonchev–Trinajstić information content (AvgIpc) is 2.15. The van der Waals surface area contributed by atoms with Crippen molar-refractivity contribution in [2.75, 3.05) is 11.5 Å². The first-order chi connectivity index (χ1) is 6.18. The van der Waals surface area contributed by atoms with Gasteiger partial charge < -0.3 is 1.43 Å². The summed E-state index contributed by atoms with van der Waals surface area (Å²) in [6, 6.07) is 0. The van der Waals surface area contributed by atoms with E-state index in [2.05, 4.69) is 0 Å². The van der Waals surface area contributed by atoms with E-state index in [1.165, 1.54) is 20.8 Å². The Morgan fingerprint density at radius 2 is 1.20 bits per heavy atom. The molecule has 0 aliphatic rings. The molecule has 0 aromatic heterocycles. The first-order valence-electron chi connectivity index (χ1n) is 4.63. The van der Waals surface area contributed by atoms with Gasteiger partial charge in [0.25, 0.3) is 0 Å². The first-order valence-corrected chi connectivity index (χ1v) is 7.93. The van der Waals surface area contributed by atoms with Crippen molar-refractivity contribution in [3.63, 3.8) is 0 Å². The van der Waals surface area contributed by atoms with Gasteiger partial charge in [0.05, 0.1) is 0 Å². The molecule has 0 fully saturated rings. The van der Waals surface area contributed by atoms with Crippen molar-refractivity contribution in [2.45, 2.75) is 38.2 Å². The molecule has 88 valence electrons. The fourth-order valence-electron chi connectivity index (χ4n) is 1.24. The Kier molecular flexibility index (Phi) is 7.31. The molecule has 0 N–H and O–H groups in total. The van der Waals surface area contributed by atoms with Crippen LogP contribution in [0, 0.1) is 0 Å². The zero-order valence-corrected chi connectivity index (χ0v) is 13.7. The van der Waals surface area contributed by atoms with Crippen molar-refractivity contribution in [2.24, 2.45) is 0 Å². The molecule has 0 heterocycles. The van der Waals surface area contributed by atoms with E-state index in [4.69, 9.17) is 0 Å². The molecule has 0 aromatic carbocycles. The van der Waals surface area contributed by atoms with Gasteiger partial charge in [0.1, 0.15) is 0 Å². The minimum Gasteiger partial charge on any atom is -1.00 e. The Bertz CT molecular complexity index is 354. The molecule has 0 atom stereocenters. The summed E-state index contributed by atoms with van der Waals surface area (Å²) in [4.78, 5) is 0. The molecule has 0 aromatic rings. The Morgan fingerprint density at radius 3 is 1.33 bits per heavy atom. The molecule has 0 rings (SSSR count). The van der Waals surface area contributed by atoms with Crippen molar-refractivity contribution < 1.29 is 47.8 Å². The maximum absolute atomic E-state index is 11.7. The van der Waals surface area contributed by atoms with Crippen LogP contribution in [-0.4, -0.2) is 32.4 Å². The third-order valence-electron chi connectivity index (χ3n) is 2.72. The maximum atomic E-state index is 11.7. The SMILES string of the molecule is CCC(C)(S(=O)(=O)CC)S(=O)(=O)CC.[H-].[Na+]. The van der Waals surface area contributed by atoms with E-state index in [0.717, 1.165) is 0 Å². The van der Waals surface area contributed by atoms with E-state index >= 15 is 0 Å². The predicted octanol–water partition coefficient (Wildman–Crippen LogP) is -1.90. The fraction of sp³-hybridized carbons (Fsp3) is 1.00. The van der Waals surface area contributed by atoms with Gasteiger partial charge in [0.2, 0.25) is 0 Å². The van der Waals surface area contributed by atoms with Gasteiger partial charge in [-0.1, -0.05) is 20.8 Å². The van der Waals surface area contributed by atoms with Gasteiger partial charge in [0.15, 0.2) is 23.8 Å². The van der Waals surface area contributed by atoms with Crippen LogP contribution in [0.3, 0.4) is 0 Å². The number of rotatable bonds is 5. The molecule has 7 heteroatoms. The van der Waals surface area contributed by atoms with Crippen molar-refractivity contribution in [3.8, 4) is 0 Å². The summed E-state index contributed by atoms with van der Waals surface area (Å²) in [7, 11) is -7.14. The van der Waals surface area contributed by atoms with E-state index < -0.39 is 23.8 Å². The van der Waals surface area contributed by atoms with Crippen LogP contribution >= 0.6 is 0 Å². The summed E-state index contributed by atoms with van der Waals surface area (Å²) in [5, 5.41) is 0. The van der Waals surface area contributed by atoms with Crippen LogP contribution in [-0.2, 0) is 19.7 Å². The van der Waals surface area contributed by atoms with Crippen molar-refractivity contribution in [3.05, 3.63) is 0 Å². The third-order valence-corrected chi connectivity index (χ3v) is 8.97. The van der Waals surface area contributed by atoms with Crippen molar-refractivity contribution in [1.82, 2.24) is 0 Å². The summed E-state index contributed by atoms with van der Waals surface area (Å²) >= 11 is 0.